The van der Waals surface area contributed by atoms with Gasteiger partial charge in [-0.3, -0.25) is 4.79 Å². The van der Waals surface area contributed by atoms with Crippen LogP contribution in [0.15, 0.2) is 0 Å². The number of aliphatic carboxylic acids is 1. The highest BCUT2D eigenvalue weighted by Gasteiger charge is 2.49. The number of carbonyl (C=O) groups is 1. The van der Waals surface area contributed by atoms with Gasteiger partial charge in [0.25, 0.3) is 0 Å². The molecular formula is C8H13NO2. The van der Waals surface area contributed by atoms with Crippen LogP contribution >= 0.6 is 0 Å². The summed E-state index contributed by atoms with van der Waals surface area (Å²) in [5.41, 5.74) is 5.78. The molecule has 11 heavy (non-hydrogen) atoms. The second kappa shape index (κ2) is 2.21. The summed E-state index contributed by atoms with van der Waals surface area (Å²) in [6.45, 7) is 0. The molecule has 1 unspecified atom stereocenters. The Labute approximate surface area is 65.6 Å². The fourth-order valence-electron chi connectivity index (χ4n) is 2.70. The quantitative estimate of drug-likeness (QED) is 0.577. The highest BCUT2D eigenvalue weighted by molar-refractivity contribution is 5.72. The predicted molar refractivity (Wildman–Crippen MR) is 39.9 cm³/mol. The monoisotopic (exact) mass is 155 g/mol. The maximum Gasteiger partial charge on any atom is 0.308 e. The summed E-state index contributed by atoms with van der Waals surface area (Å²) in [6, 6.07) is -0.0637. The predicted octanol–water partition coefficient (Wildman–Crippen LogP) is 0.444. The molecule has 0 heterocycles. The Kier molecular flexibility index (Phi) is 1.42. The van der Waals surface area contributed by atoms with E-state index >= 15 is 0 Å². The van der Waals surface area contributed by atoms with Crippen molar-refractivity contribution in [3.63, 3.8) is 0 Å². The van der Waals surface area contributed by atoms with Crippen molar-refractivity contribution in [1.29, 1.82) is 0 Å². The molecule has 0 aliphatic heterocycles. The lowest BCUT2D eigenvalue weighted by Gasteiger charge is -2.23. The van der Waals surface area contributed by atoms with Gasteiger partial charge in [0.1, 0.15) is 0 Å². The third kappa shape index (κ3) is 0.872. The minimum Gasteiger partial charge on any atom is -0.481 e. The van der Waals surface area contributed by atoms with E-state index in [0.717, 1.165) is 19.3 Å². The van der Waals surface area contributed by atoms with Crippen molar-refractivity contribution < 1.29 is 9.90 Å². The molecule has 0 amide bonds. The summed E-state index contributed by atoms with van der Waals surface area (Å²) in [7, 11) is 0. The highest BCUT2D eigenvalue weighted by Crippen LogP contribution is 2.47. The van der Waals surface area contributed by atoms with Crippen LogP contribution in [0.4, 0.5) is 0 Å². The number of fused-ring (bicyclic) bond motifs is 2. The molecule has 0 radical (unpaired) electrons. The Morgan fingerprint density at radius 3 is 2.36 bits per heavy atom. The van der Waals surface area contributed by atoms with Crippen LogP contribution in [0.25, 0.3) is 0 Å². The smallest absolute Gasteiger partial charge is 0.308 e. The van der Waals surface area contributed by atoms with Gasteiger partial charge in [-0.1, -0.05) is 0 Å². The van der Waals surface area contributed by atoms with Crippen molar-refractivity contribution in [2.24, 2.45) is 23.5 Å². The van der Waals surface area contributed by atoms with Gasteiger partial charge in [0.2, 0.25) is 0 Å². The van der Waals surface area contributed by atoms with E-state index < -0.39 is 5.97 Å². The van der Waals surface area contributed by atoms with Crippen molar-refractivity contribution in [1.82, 2.24) is 0 Å². The van der Waals surface area contributed by atoms with Gasteiger partial charge in [-0.15, -0.1) is 0 Å². The van der Waals surface area contributed by atoms with Gasteiger partial charge >= 0.3 is 5.97 Å². The fraction of sp³-hybridized carbons (Fsp3) is 0.875. The SMILES string of the molecule is N[C@H]1C(C(=O)O)[C@@H]2CC[C@H]1C2. The van der Waals surface area contributed by atoms with E-state index in [0.29, 0.717) is 11.8 Å². The summed E-state index contributed by atoms with van der Waals surface area (Å²) < 4.78 is 0. The Morgan fingerprint density at radius 1 is 1.36 bits per heavy atom. The van der Waals surface area contributed by atoms with Crippen LogP contribution in [0.2, 0.25) is 0 Å². The fourth-order valence-corrected chi connectivity index (χ4v) is 2.70. The zero-order valence-corrected chi connectivity index (χ0v) is 6.36. The van der Waals surface area contributed by atoms with Crippen molar-refractivity contribution in [2.75, 3.05) is 0 Å². The van der Waals surface area contributed by atoms with E-state index in [1.165, 1.54) is 0 Å². The third-order valence-electron chi connectivity index (χ3n) is 3.27. The summed E-state index contributed by atoms with van der Waals surface area (Å²) in [6.07, 6.45) is 3.28. The Balaban J connectivity index is 2.17. The van der Waals surface area contributed by atoms with Crippen molar-refractivity contribution in [3.05, 3.63) is 0 Å². The lowest BCUT2D eigenvalue weighted by Crippen LogP contribution is -2.40. The molecule has 0 aromatic carbocycles. The molecule has 2 bridgehead atoms. The molecular weight excluding hydrogens is 142 g/mol. The second-order valence-corrected chi connectivity index (χ2v) is 3.77. The van der Waals surface area contributed by atoms with Crippen LogP contribution in [0, 0.1) is 17.8 Å². The van der Waals surface area contributed by atoms with Crippen LogP contribution in [-0.2, 0) is 4.79 Å². The first-order chi connectivity index (χ1) is 5.20. The maximum absolute atomic E-state index is 10.7. The molecule has 0 aromatic rings. The first-order valence-corrected chi connectivity index (χ1v) is 4.18. The molecule has 2 rings (SSSR count). The first-order valence-electron chi connectivity index (χ1n) is 4.18. The van der Waals surface area contributed by atoms with E-state index in [1.807, 2.05) is 0 Å². The number of hydrogen-bond acceptors (Lipinski definition) is 2. The van der Waals surface area contributed by atoms with Gasteiger partial charge in [0, 0.05) is 6.04 Å². The van der Waals surface area contributed by atoms with Gasteiger partial charge in [-0.05, 0) is 31.1 Å². The van der Waals surface area contributed by atoms with E-state index in [9.17, 15) is 4.79 Å². The van der Waals surface area contributed by atoms with E-state index in [2.05, 4.69) is 0 Å². The number of carboxylic acid groups (broad SMARTS) is 1. The van der Waals surface area contributed by atoms with Gasteiger partial charge in [-0.25, -0.2) is 0 Å². The lowest BCUT2D eigenvalue weighted by atomic mass is 9.85. The van der Waals surface area contributed by atoms with Gasteiger partial charge < -0.3 is 10.8 Å². The average molecular weight is 155 g/mol. The normalized spacial score (nSPS) is 48.1. The standard InChI is InChI=1S/C8H13NO2/c9-7-5-2-1-4(3-5)6(7)8(10)11/h4-7H,1-3,9H2,(H,10,11)/t4-,5+,6?,7-/m1/s1. The Morgan fingerprint density at radius 2 is 2.00 bits per heavy atom. The molecule has 3 N–H and O–H groups in total. The Hall–Kier alpha value is -0.570. The van der Waals surface area contributed by atoms with E-state index in [1.54, 1.807) is 0 Å². The van der Waals surface area contributed by atoms with Crippen molar-refractivity contribution >= 4 is 5.97 Å². The minimum absolute atomic E-state index is 0.0637. The number of hydrogen-bond donors (Lipinski definition) is 2. The molecule has 2 fully saturated rings. The van der Waals surface area contributed by atoms with Crippen molar-refractivity contribution in [2.45, 2.75) is 25.3 Å². The molecule has 3 nitrogen and oxygen atoms in total. The summed E-state index contributed by atoms with van der Waals surface area (Å²) >= 11 is 0. The zero-order chi connectivity index (χ0) is 8.01. The molecule has 62 valence electrons. The van der Waals surface area contributed by atoms with Crippen molar-refractivity contribution in [3.8, 4) is 0 Å². The highest BCUT2D eigenvalue weighted by atomic mass is 16.4. The van der Waals surface area contributed by atoms with Gasteiger partial charge in [0.05, 0.1) is 5.92 Å². The molecule has 2 aliphatic rings. The van der Waals surface area contributed by atoms with Crippen LogP contribution < -0.4 is 5.73 Å². The summed E-state index contributed by atoms with van der Waals surface area (Å²) in [5.74, 6) is -0.0490. The maximum atomic E-state index is 10.7. The Bertz CT molecular complexity index is 191. The number of carboxylic acids is 1. The molecule has 0 saturated heterocycles. The summed E-state index contributed by atoms with van der Waals surface area (Å²) in [4.78, 5) is 10.7. The van der Waals surface area contributed by atoms with Crippen LogP contribution in [-0.4, -0.2) is 17.1 Å². The number of rotatable bonds is 1. The van der Waals surface area contributed by atoms with E-state index in [-0.39, 0.29) is 12.0 Å². The van der Waals surface area contributed by atoms with Crippen LogP contribution in [0.1, 0.15) is 19.3 Å². The average Bonchev–Trinajstić information content (AvgIpc) is 2.44. The number of nitrogens with two attached hydrogens (primary N) is 1. The van der Waals surface area contributed by atoms with Crippen LogP contribution in [0.5, 0.6) is 0 Å². The molecule has 3 heteroatoms. The lowest BCUT2D eigenvalue weighted by molar-refractivity contribution is -0.144. The molecule has 0 aromatic heterocycles. The first kappa shape index (κ1) is 7.10. The molecule has 2 aliphatic carbocycles. The topological polar surface area (TPSA) is 63.3 Å². The molecule has 2 saturated carbocycles. The summed E-state index contributed by atoms with van der Waals surface area (Å²) in [5, 5.41) is 8.83. The zero-order valence-electron chi connectivity index (χ0n) is 6.36. The molecule has 0 spiro atoms. The largest absolute Gasteiger partial charge is 0.481 e. The van der Waals surface area contributed by atoms with Crippen LogP contribution in [0.3, 0.4) is 0 Å². The molecule has 4 atom stereocenters. The van der Waals surface area contributed by atoms with Gasteiger partial charge in [0.15, 0.2) is 0 Å². The van der Waals surface area contributed by atoms with E-state index in [4.69, 9.17) is 10.8 Å². The van der Waals surface area contributed by atoms with Gasteiger partial charge in [-0.2, -0.15) is 0 Å². The third-order valence-corrected chi connectivity index (χ3v) is 3.27. The second-order valence-electron chi connectivity index (χ2n) is 3.77. The minimum atomic E-state index is -0.690.